The molecule has 0 aliphatic rings. The summed E-state index contributed by atoms with van der Waals surface area (Å²) in [5.74, 6) is -1.25. The number of halogens is 6. The molecule has 0 aliphatic carbocycles. The lowest BCUT2D eigenvalue weighted by Crippen LogP contribution is -2.17. The van der Waals surface area contributed by atoms with E-state index in [-0.39, 0.29) is 0 Å². The fourth-order valence-electron chi connectivity index (χ4n) is 2.17. The molecule has 0 saturated heterocycles. The molecular formula is C15H9F6N2O. The molecule has 0 aliphatic heterocycles. The first kappa shape index (κ1) is 17.6. The number of hydrogen-bond acceptors (Lipinski definition) is 2. The van der Waals surface area contributed by atoms with E-state index in [2.05, 4.69) is 0 Å². The van der Waals surface area contributed by atoms with Crippen molar-refractivity contribution in [3.8, 4) is 11.1 Å². The quantitative estimate of drug-likeness (QED) is 0.640. The predicted octanol–water partition coefficient (Wildman–Crippen LogP) is 3.87. The Morgan fingerprint density at radius 3 is 1.96 bits per heavy atom. The third-order valence-corrected chi connectivity index (χ3v) is 3.18. The van der Waals surface area contributed by atoms with E-state index in [1.165, 1.54) is 6.07 Å². The summed E-state index contributed by atoms with van der Waals surface area (Å²) in [4.78, 5) is 11.4. The fourth-order valence-corrected chi connectivity index (χ4v) is 2.17. The number of nitrogen functional groups attached to an aromatic ring is 1. The SMILES string of the molecule is NC(=O)c1[c]c(N)c(C(F)(F)F)cc1-c1ccccc1C(F)(F)F. The number of anilines is 1. The van der Waals surface area contributed by atoms with Crippen LogP contribution in [0.2, 0.25) is 0 Å². The van der Waals surface area contributed by atoms with Crippen molar-refractivity contribution in [3.63, 3.8) is 0 Å². The second kappa shape index (κ2) is 5.73. The molecule has 0 spiro atoms. The lowest BCUT2D eigenvalue weighted by Gasteiger charge is -2.18. The van der Waals surface area contributed by atoms with Gasteiger partial charge < -0.3 is 11.5 Å². The lowest BCUT2D eigenvalue weighted by atomic mass is 9.92. The van der Waals surface area contributed by atoms with Crippen molar-refractivity contribution in [2.75, 3.05) is 5.73 Å². The van der Waals surface area contributed by atoms with Crippen LogP contribution in [0.15, 0.2) is 30.3 Å². The van der Waals surface area contributed by atoms with Gasteiger partial charge in [-0.1, -0.05) is 18.2 Å². The number of hydrogen-bond donors (Lipinski definition) is 2. The van der Waals surface area contributed by atoms with Crippen LogP contribution < -0.4 is 11.5 Å². The molecule has 4 N–H and O–H groups in total. The first-order chi connectivity index (χ1) is 10.9. The van der Waals surface area contributed by atoms with Crippen molar-refractivity contribution in [2.24, 2.45) is 5.73 Å². The van der Waals surface area contributed by atoms with E-state index in [4.69, 9.17) is 11.5 Å². The molecular weight excluding hydrogens is 338 g/mol. The summed E-state index contributed by atoms with van der Waals surface area (Å²) in [6.45, 7) is 0. The summed E-state index contributed by atoms with van der Waals surface area (Å²) >= 11 is 0. The predicted molar refractivity (Wildman–Crippen MR) is 73.6 cm³/mol. The minimum atomic E-state index is -4.93. The van der Waals surface area contributed by atoms with E-state index in [1.807, 2.05) is 6.07 Å². The Kier molecular flexibility index (Phi) is 4.21. The number of rotatable bonds is 2. The highest BCUT2D eigenvalue weighted by atomic mass is 19.4. The summed E-state index contributed by atoms with van der Waals surface area (Å²) in [6, 6.07) is 6.20. The number of alkyl halides is 6. The average Bonchev–Trinajstić information content (AvgIpc) is 2.44. The third-order valence-electron chi connectivity index (χ3n) is 3.18. The number of benzene rings is 2. The van der Waals surface area contributed by atoms with E-state index in [9.17, 15) is 31.1 Å². The molecule has 1 radical (unpaired) electrons. The highest BCUT2D eigenvalue weighted by Gasteiger charge is 2.37. The molecule has 2 aromatic rings. The van der Waals surface area contributed by atoms with Gasteiger partial charge in [-0.15, -0.1) is 0 Å². The Bertz CT molecular complexity index is 796. The first-order valence-corrected chi connectivity index (χ1v) is 6.32. The van der Waals surface area contributed by atoms with Crippen molar-refractivity contribution in [2.45, 2.75) is 12.4 Å². The molecule has 24 heavy (non-hydrogen) atoms. The molecule has 0 heterocycles. The van der Waals surface area contributed by atoms with Crippen molar-refractivity contribution in [3.05, 3.63) is 53.1 Å². The molecule has 0 fully saturated rings. The van der Waals surface area contributed by atoms with Gasteiger partial charge in [0.05, 0.1) is 22.4 Å². The van der Waals surface area contributed by atoms with Gasteiger partial charge in [-0.05, 0) is 23.3 Å². The van der Waals surface area contributed by atoms with Crippen LogP contribution >= 0.6 is 0 Å². The first-order valence-electron chi connectivity index (χ1n) is 6.32. The van der Waals surface area contributed by atoms with E-state index < -0.39 is 51.8 Å². The van der Waals surface area contributed by atoms with E-state index in [1.54, 1.807) is 0 Å². The number of amides is 1. The van der Waals surface area contributed by atoms with Crippen LogP contribution in [-0.4, -0.2) is 5.91 Å². The molecule has 0 unspecified atom stereocenters. The zero-order valence-corrected chi connectivity index (χ0v) is 11.7. The van der Waals surface area contributed by atoms with Crippen molar-refractivity contribution in [1.29, 1.82) is 0 Å². The summed E-state index contributed by atoms with van der Waals surface area (Å²) in [5, 5.41) is 0. The normalized spacial score (nSPS) is 12.2. The molecule has 9 heteroatoms. The van der Waals surface area contributed by atoms with Crippen LogP contribution in [0, 0.1) is 6.07 Å². The molecule has 0 bridgehead atoms. The molecule has 0 atom stereocenters. The fraction of sp³-hybridized carbons (Fsp3) is 0.133. The maximum atomic E-state index is 13.1. The molecule has 1 amide bonds. The highest BCUT2D eigenvalue weighted by molar-refractivity contribution is 6.01. The third kappa shape index (κ3) is 3.29. The average molecular weight is 347 g/mol. The maximum absolute atomic E-state index is 13.1. The standard InChI is InChI=1S/C15H9F6N2O/c16-14(17,18)10-4-2-1-3-7(10)8-5-11(15(19,20)21)12(22)6-9(8)13(23)24/h1-5H,22H2,(H2,23,24). The maximum Gasteiger partial charge on any atom is 0.418 e. The Hall–Kier alpha value is -2.71. The van der Waals surface area contributed by atoms with E-state index in [0.717, 1.165) is 12.1 Å². The van der Waals surface area contributed by atoms with Gasteiger partial charge in [0.25, 0.3) is 0 Å². The number of carbonyl (C=O) groups excluding carboxylic acids is 1. The smallest absolute Gasteiger partial charge is 0.398 e. The van der Waals surface area contributed by atoms with Gasteiger partial charge in [0, 0.05) is 6.07 Å². The van der Waals surface area contributed by atoms with E-state index >= 15 is 0 Å². The second-order valence-corrected chi connectivity index (χ2v) is 4.79. The van der Waals surface area contributed by atoms with Gasteiger partial charge in [0.2, 0.25) is 5.91 Å². The largest absolute Gasteiger partial charge is 0.418 e. The molecule has 0 saturated carbocycles. The van der Waals surface area contributed by atoms with Crippen LogP contribution in [-0.2, 0) is 12.4 Å². The second-order valence-electron chi connectivity index (χ2n) is 4.79. The topological polar surface area (TPSA) is 69.1 Å². The molecule has 127 valence electrons. The number of nitrogens with two attached hydrogens (primary N) is 2. The summed E-state index contributed by atoms with van der Waals surface area (Å²) in [7, 11) is 0. The van der Waals surface area contributed by atoms with Crippen LogP contribution in [0.5, 0.6) is 0 Å². The van der Waals surface area contributed by atoms with E-state index in [0.29, 0.717) is 12.1 Å². The van der Waals surface area contributed by atoms with Gasteiger partial charge in [0.1, 0.15) is 0 Å². The Balaban J connectivity index is 2.86. The van der Waals surface area contributed by atoms with Gasteiger partial charge in [-0.2, -0.15) is 26.3 Å². The molecule has 2 aromatic carbocycles. The lowest BCUT2D eigenvalue weighted by molar-refractivity contribution is -0.137. The molecule has 2 rings (SSSR count). The molecule has 0 aromatic heterocycles. The zero-order valence-electron chi connectivity index (χ0n) is 11.7. The minimum absolute atomic E-state index is 0.372. The summed E-state index contributed by atoms with van der Waals surface area (Å²) in [6.07, 6.45) is -9.77. The Morgan fingerprint density at radius 2 is 1.46 bits per heavy atom. The summed E-state index contributed by atoms with van der Waals surface area (Å²) in [5.41, 5.74) is 4.80. The minimum Gasteiger partial charge on any atom is -0.398 e. The number of carbonyl (C=O) groups is 1. The van der Waals surface area contributed by atoms with Gasteiger partial charge >= 0.3 is 12.4 Å². The van der Waals surface area contributed by atoms with Crippen LogP contribution in [0.4, 0.5) is 32.0 Å². The molecule has 3 nitrogen and oxygen atoms in total. The summed E-state index contributed by atoms with van der Waals surface area (Å²) < 4.78 is 78.2. The van der Waals surface area contributed by atoms with Gasteiger partial charge in [0.15, 0.2) is 0 Å². The van der Waals surface area contributed by atoms with Crippen molar-refractivity contribution < 1.29 is 31.1 Å². The van der Waals surface area contributed by atoms with Crippen LogP contribution in [0.25, 0.3) is 11.1 Å². The number of primary amides is 1. The van der Waals surface area contributed by atoms with Crippen molar-refractivity contribution in [1.82, 2.24) is 0 Å². The zero-order chi connectivity index (χ0) is 18.3. The van der Waals surface area contributed by atoms with Crippen LogP contribution in [0.1, 0.15) is 21.5 Å². The van der Waals surface area contributed by atoms with Gasteiger partial charge in [-0.3, -0.25) is 4.79 Å². The van der Waals surface area contributed by atoms with Crippen LogP contribution in [0.3, 0.4) is 0 Å². The monoisotopic (exact) mass is 347 g/mol. The Labute approximate surface area is 131 Å². The Morgan fingerprint density at radius 1 is 0.917 bits per heavy atom. The van der Waals surface area contributed by atoms with Crippen molar-refractivity contribution >= 4 is 11.6 Å². The van der Waals surface area contributed by atoms with Gasteiger partial charge in [-0.25, -0.2) is 0 Å². The highest BCUT2D eigenvalue weighted by Crippen LogP contribution is 2.42.